The Hall–Kier alpha value is -1.13. The van der Waals surface area contributed by atoms with Gasteiger partial charge in [0.25, 0.3) is 0 Å². The van der Waals surface area contributed by atoms with Crippen molar-refractivity contribution >= 4 is 5.97 Å². The molecule has 5 fully saturated rings. The van der Waals surface area contributed by atoms with Crippen molar-refractivity contribution in [3.05, 3.63) is 24.3 Å². The molecule has 0 spiro atoms. The number of carboxylic acids is 1. The summed E-state index contributed by atoms with van der Waals surface area (Å²) in [5.41, 5.74) is 0.248. The zero-order chi connectivity index (χ0) is 24.7. The van der Waals surface area contributed by atoms with Crippen LogP contribution in [-0.4, -0.2) is 33.5 Å². The first kappa shape index (κ1) is 23.3. The number of hydrogen-bond acceptors (Lipinski definition) is 3. The monoisotopic (exact) mass is 468 g/mol. The van der Waals surface area contributed by atoms with Gasteiger partial charge in [-0.3, -0.25) is 4.79 Å². The molecule has 34 heavy (non-hydrogen) atoms. The number of aliphatic carboxylic acids is 1. The fraction of sp³-hybridized carbons (Fsp3) is 0.833. The lowest BCUT2D eigenvalue weighted by Gasteiger charge is -2.68. The van der Waals surface area contributed by atoms with E-state index in [1.807, 2.05) is 0 Å². The third-order valence-electron chi connectivity index (χ3n) is 13.4. The van der Waals surface area contributed by atoms with Crippen LogP contribution >= 0.6 is 0 Å². The highest BCUT2D eigenvalue weighted by atomic mass is 16.4. The molecule has 4 heteroatoms. The van der Waals surface area contributed by atoms with Crippen molar-refractivity contribution in [1.82, 2.24) is 0 Å². The SMILES string of the molecule is C=C1C(C)CCC2(C(=O)O)CCC34CC3(C=CC3C5(C)CC(O)C(O)C(C)(C)C5CCC34C)C12. The van der Waals surface area contributed by atoms with E-state index in [1.54, 1.807) is 0 Å². The zero-order valence-electron chi connectivity index (χ0n) is 21.7. The second-order valence-corrected chi connectivity index (χ2v) is 14.6. The number of carbonyl (C=O) groups is 1. The van der Waals surface area contributed by atoms with Gasteiger partial charge in [-0.05, 0) is 90.8 Å². The van der Waals surface area contributed by atoms with Crippen LogP contribution in [0, 0.1) is 56.2 Å². The molecule has 0 aromatic rings. The lowest BCUT2D eigenvalue weighted by atomic mass is 9.36. The molecule has 0 saturated heterocycles. The van der Waals surface area contributed by atoms with Crippen LogP contribution in [0.25, 0.3) is 0 Å². The third kappa shape index (κ3) is 2.24. The van der Waals surface area contributed by atoms with Gasteiger partial charge in [-0.2, -0.15) is 0 Å². The van der Waals surface area contributed by atoms with E-state index in [2.05, 4.69) is 53.3 Å². The summed E-state index contributed by atoms with van der Waals surface area (Å²) in [6, 6.07) is 0. The highest BCUT2D eigenvalue weighted by molar-refractivity contribution is 5.77. The molecule has 6 aliphatic carbocycles. The van der Waals surface area contributed by atoms with Crippen molar-refractivity contribution in [1.29, 1.82) is 0 Å². The molecule has 0 aliphatic heterocycles. The Morgan fingerprint density at radius 1 is 1.06 bits per heavy atom. The molecular formula is C30H44O4. The van der Waals surface area contributed by atoms with E-state index in [1.165, 1.54) is 5.57 Å². The minimum absolute atomic E-state index is 0.0322. The van der Waals surface area contributed by atoms with Crippen LogP contribution in [0.15, 0.2) is 24.3 Å². The number of aliphatic hydroxyl groups is 2. The van der Waals surface area contributed by atoms with E-state index < -0.39 is 23.6 Å². The molecule has 0 radical (unpaired) electrons. The van der Waals surface area contributed by atoms with Crippen LogP contribution in [0.3, 0.4) is 0 Å². The number of aliphatic hydroxyl groups excluding tert-OH is 2. The molecule has 0 bridgehead atoms. The molecule has 6 rings (SSSR count). The van der Waals surface area contributed by atoms with Gasteiger partial charge in [-0.25, -0.2) is 0 Å². The lowest BCUT2D eigenvalue weighted by Crippen LogP contribution is -2.65. The molecule has 0 amide bonds. The highest BCUT2D eigenvalue weighted by Crippen LogP contribution is 2.90. The van der Waals surface area contributed by atoms with Crippen molar-refractivity contribution in [2.24, 2.45) is 56.2 Å². The largest absolute Gasteiger partial charge is 0.481 e. The average molecular weight is 469 g/mol. The quantitative estimate of drug-likeness (QED) is 0.438. The molecule has 5 saturated carbocycles. The molecular weight excluding hydrogens is 424 g/mol. The molecule has 0 aromatic carbocycles. The standard InChI is InChI=1S/C30H44O4/c1-17-7-11-28(24(33)34)13-14-30-16-29(30,22(28)18(17)2)12-9-21-26(5)15-19(31)23(32)25(3,4)20(26)8-10-27(21,30)6/h9,12,17,19-23,31-32H,2,7-8,10-11,13-16H2,1,3-6H3,(H,33,34). The van der Waals surface area contributed by atoms with E-state index in [0.29, 0.717) is 24.2 Å². The number of fused-ring (bicyclic) bond motifs is 4. The van der Waals surface area contributed by atoms with Crippen molar-refractivity contribution in [3.8, 4) is 0 Å². The van der Waals surface area contributed by atoms with Crippen LogP contribution < -0.4 is 0 Å². The molecule has 6 aliphatic rings. The average Bonchev–Trinajstić information content (AvgIpc) is 3.46. The maximum absolute atomic E-state index is 12.8. The summed E-state index contributed by atoms with van der Waals surface area (Å²) in [5.74, 6) is 0.497. The first-order chi connectivity index (χ1) is 15.7. The molecule has 3 N–H and O–H groups in total. The van der Waals surface area contributed by atoms with Crippen molar-refractivity contribution in [2.45, 2.75) is 98.2 Å². The van der Waals surface area contributed by atoms with Gasteiger partial charge in [0.15, 0.2) is 0 Å². The minimum atomic E-state index is -0.694. The number of allylic oxidation sites excluding steroid dienone is 3. The van der Waals surface area contributed by atoms with Gasteiger partial charge < -0.3 is 15.3 Å². The lowest BCUT2D eigenvalue weighted by molar-refractivity contribution is -0.220. The number of hydrogen-bond donors (Lipinski definition) is 3. The van der Waals surface area contributed by atoms with Crippen molar-refractivity contribution in [2.75, 3.05) is 0 Å². The summed E-state index contributed by atoms with van der Waals surface area (Å²) >= 11 is 0. The summed E-state index contributed by atoms with van der Waals surface area (Å²) in [4.78, 5) is 12.8. The Morgan fingerprint density at radius 3 is 2.44 bits per heavy atom. The predicted octanol–water partition coefficient (Wildman–Crippen LogP) is 5.59. The maximum Gasteiger partial charge on any atom is 0.310 e. The second-order valence-electron chi connectivity index (χ2n) is 14.6. The topological polar surface area (TPSA) is 77.8 Å². The number of rotatable bonds is 1. The van der Waals surface area contributed by atoms with Gasteiger partial charge in [0.05, 0.1) is 17.6 Å². The fourth-order valence-electron chi connectivity index (χ4n) is 11.7. The van der Waals surface area contributed by atoms with Crippen molar-refractivity contribution < 1.29 is 20.1 Å². The van der Waals surface area contributed by atoms with Crippen LogP contribution in [0.4, 0.5) is 0 Å². The van der Waals surface area contributed by atoms with E-state index in [-0.39, 0.29) is 33.0 Å². The molecule has 11 atom stereocenters. The number of carboxylic acid groups (broad SMARTS) is 1. The minimum Gasteiger partial charge on any atom is -0.481 e. The van der Waals surface area contributed by atoms with Crippen molar-refractivity contribution in [3.63, 3.8) is 0 Å². The molecule has 0 heterocycles. The molecule has 11 unspecified atom stereocenters. The molecule has 4 nitrogen and oxygen atoms in total. The van der Waals surface area contributed by atoms with E-state index >= 15 is 0 Å². The predicted molar refractivity (Wildman–Crippen MR) is 132 cm³/mol. The first-order valence-electron chi connectivity index (χ1n) is 13.7. The van der Waals surface area contributed by atoms with Crippen LogP contribution in [-0.2, 0) is 4.79 Å². The van der Waals surface area contributed by atoms with E-state index in [4.69, 9.17) is 0 Å². The summed E-state index contributed by atoms with van der Waals surface area (Å²) in [7, 11) is 0. The first-order valence-corrected chi connectivity index (χ1v) is 13.7. The summed E-state index contributed by atoms with van der Waals surface area (Å²) < 4.78 is 0. The Balaban J connectivity index is 1.48. The summed E-state index contributed by atoms with van der Waals surface area (Å²) in [6.07, 6.45) is 10.9. The Morgan fingerprint density at radius 2 is 1.76 bits per heavy atom. The van der Waals surface area contributed by atoms with Gasteiger partial charge in [-0.1, -0.05) is 58.9 Å². The van der Waals surface area contributed by atoms with Crippen LogP contribution in [0.5, 0.6) is 0 Å². The second kappa shape index (κ2) is 6.40. The Bertz CT molecular complexity index is 998. The van der Waals surface area contributed by atoms with E-state index in [9.17, 15) is 20.1 Å². The fourth-order valence-corrected chi connectivity index (χ4v) is 11.7. The Labute approximate surface area is 204 Å². The van der Waals surface area contributed by atoms with Crippen LogP contribution in [0.2, 0.25) is 0 Å². The van der Waals surface area contributed by atoms with Gasteiger partial charge in [-0.15, -0.1) is 0 Å². The summed E-state index contributed by atoms with van der Waals surface area (Å²) in [6.45, 7) is 16.0. The third-order valence-corrected chi connectivity index (χ3v) is 13.4. The summed E-state index contributed by atoms with van der Waals surface area (Å²) in [5, 5.41) is 32.4. The molecule has 0 aromatic heterocycles. The highest BCUT2D eigenvalue weighted by Gasteiger charge is 2.84. The normalized spacial score (nSPS) is 59.1. The van der Waals surface area contributed by atoms with Crippen LogP contribution in [0.1, 0.15) is 86.0 Å². The van der Waals surface area contributed by atoms with Gasteiger partial charge in [0.1, 0.15) is 0 Å². The maximum atomic E-state index is 12.8. The smallest absolute Gasteiger partial charge is 0.310 e. The van der Waals surface area contributed by atoms with Gasteiger partial charge in [0.2, 0.25) is 0 Å². The Kier molecular flexibility index (Phi) is 4.38. The zero-order valence-corrected chi connectivity index (χ0v) is 21.7. The van der Waals surface area contributed by atoms with Gasteiger partial charge in [0, 0.05) is 11.3 Å². The van der Waals surface area contributed by atoms with E-state index in [0.717, 1.165) is 44.9 Å². The van der Waals surface area contributed by atoms with Gasteiger partial charge >= 0.3 is 5.97 Å². The molecule has 188 valence electrons.